The number of aromatic nitrogens is 1. The molecular weight excluding hydrogens is 178 g/mol. The highest BCUT2D eigenvalue weighted by Gasteiger charge is 2.04. The highest BCUT2D eigenvalue weighted by molar-refractivity contribution is 5.39. The van der Waals surface area contributed by atoms with Crippen molar-refractivity contribution in [3.8, 4) is 11.6 Å². The van der Waals surface area contributed by atoms with Crippen LogP contribution in [0.25, 0.3) is 0 Å². The molecule has 72 valence electrons. The monoisotopic (exact) mass is 189 g/mol. The Morgan fingerprint density at radius 3 is 2.79 bits per heavy atom. The lowest BCUT2D eigenvalue weighted by Crippen LogP contribution is -1.89. The number of hydrogen-bond donors (Lipinski definition) is 0. The van der Waals surface area contributed by atoms with Crippen LogP contribution in [0.4, 0.5) is 0 Å². The van der Waals surface area contributed by atoms with Crippen LogP contribution in [0.15, 0.2) is 35.1 Å². The Bertz CT molecular complexity index is 421. The Balaban J connectivity index is 2.29. The highest BCUT2D eigenvalue weighted by Crippen LogP contribution is 2.25. The first-order valence-electron chi connectivity index (χ1n) is 4.42. The molecule has 2 rings (SSSR count). The molecule has 0 radical (unpaired) electrons. The number of hydrogen-bond acceptors (Lipinski definition) is 3. The van der Waals surface area contributed by atoms with E-state index in [1.807, 2.05) is 32.0 Å². The Morgan fingerprint density at radius 1 is 1.21 bits per heavy atom. The van der Waals surface area contributed by atoms with Crippen molar-refractivity contribution >= 4 is 0 Å². The van der Waals surface area contributed by atoms with Crippen molar-refractivity contribution in [2.24, 2.45) is 0 Å². The Hall–Kier alpha value is -1.77. The van der Waals surface area contributed by atoms with Gasteiger partial charge in [-0.2, -0.15) is 0 Å². The summed E-state index contributed by atoms with van der Waals surface area (Å²) in [5.41, 5.74) is 2.32. The summed E-state index contributed by atoms with van der Waals surface area (Å²) in [5.74, 6) is 1.30. The summed E-state index contributed by atoms with van der Waals surface area (Å²) in [7, 11) is 0. The van der Waals surface area contributed by atoms with Crippen LogP contribution in [0, 0.1) is 13.8 Å². The fourth-order valence-electron chi connectivity index (χ4n) is 1.20. The van der Waals surface area contributed by atoms with Gasteiger partial charge in [0, 0.05) is 6.07 Å². The smallest absolute Gasteiger partial charge is 0.259 e. The summed E-state index contributed by atoms with van der Waals surface area (Å²) in [6.07, 6.45) is 1.49. The first kappa shape index (κ1) is 8.81. The highest BCUT2D eigenvalue weighted by atomic mass is 16.5. The number of benzene rings is 1. The second-order valence-corrected chi connectivity index (χ2v) is 3.14. The van der Waals surface area contributed by atoms with Gasteiger partial charge in [-0.3, -0.25) is 0 Å². The van der Waals surface area contributed by atoms with Gasteiger partial charge in [-0.1, -0.05) is 12.1 Å². The molecule has 3 heteroatoms. The molecule has 1 aromatic carbocycles. The summed E-state index contributed by atoms with van der Waals surface area (Å²) >= 11 is 0. The second-order valence-electron chi connectivity index (χ2n) is 3.14. The zero-order chi connectivity index (χ0) is 9.97. The molecular formula is C11H11NO2. The Kier molecular flexibility index (Phi) is 2.23. The van der Waals surface area contributed by atoms with Crippen LogP contribution in [-0.2, 0) is 0 Å². The molecule has 0 N–H and O–H groups in total. The molecule has 2 aromatic rings. The van der Waals surface area contributed by atoms with Crippen LogP contribution in [0.2, 0.25) is 0 Å². The van der Waals surface area contributed by atoms with Crippen LogP contribution >= 0.6 is 0 Å². The van der Waals surface area contributed by atoms with E-state index in [9.17, 15) is 0 Å². The first-order chi connectivity index (χ1) is 6.77. The van der Waals surface area contributed by atoms with E-state index < -0.39 is 0 Å². The summed E-state index contributed by atoms with van der Waals surface area (Å²) in [5, 5.41) is 3.69. The van der Waals surface area contributed by atoms with Crippen LogP contribution in [-0.4, -0.2) is 5.16 Å². The third kappa shape index (κ3) is 1.62. The quantitative estimate of drug-likeness (QED) is 0.728. The lowest BCUT2D eigenvalue weighted by atomic mass is 10.1. The van der Waals surface area contributed by atoms with E-state index in [-0.39, 0.29) is 0 Å². The van der Waals surface area contributed by atoms with E-state index in [0.29, 0.717) is 5.88 Å². The van der Waals surface area contributed by atoms with Gasteiger partial charge in [-0.05, 0) is 36.2 Å². The lowest BCUT2D eigenvalue weighted by molar-refractivity contribution is 0.366. The van der Waals surface area contributed by atoms with E-state index in [1.54, 1.807) is 6.07 Å². The van der Waals surface area contributed by atoms with Gasteiger partial charge in [0.15, 0.2) is 0 Å². The molecule has 1 aromatic heterocycles. The zero-order valence-electron chi connectivity index (χ0n) is 8.15. The van der Waals surface area contributed by atoms with Gasteiger partial charge in [0.2, 0.25) is 0 Å². The Labute approximate surface area is 82.3 Å². The zero-order valence-corrected chi connectivity index (χ0v) is 8.15. The lowest BCUT2D eigenvalue weighted by Gasteiger charge is -2.06. The maximum Gasteiger partial charge on any atom is 0.259 e. The normalized spacial score (nSPS) is 10.1. The second kappa shape index (κ2) is 3.54. The Morgan fingerprint density at radius 2 is 2.07 bits per heavy atom. The third-order valence-electron chi connectivity index (χ3n) is 2.18. The molecule has 0 fully saturated rings. The predicted molar refractivity (Wildman–Crippen MR) is 52.5 cm³/mol. The van der Waals surface area contributed by atoms with E-state index in [0.717, 1.165) is 11.3 Å². The summed E-state index contributed by atoms with van der Waals surface area (Å²) < 4.78 is 10.2. The fraction of sp³-hybridized carbons (Fsp3) is 0.182. The molecule has 1 heterocycles. The van der Waals surface area contributed by atoms with E-state index in [4.69, 9.17) is 4.74 Å². The van der Waals surface area contributed by atoms with Crippen LogP contribution in [0.3, 0.4) is 0 Å². The molecule has 0 spiro atoms. The maximum absolute atomic E-state index is 5.53. The van der Waals surface area contributed by atoms with Crippen LogP contribution in [0.5, 0.6) is 11.6 Å². The number of rotatable bonds is 2. The van der Waals surface area contributed by atoms with Crippen molar-refractivity contribution in [3.05, 3.63) is 41.7 Å². The molecule has 0 amide bonds. The van der Waals surface area contributed by atoms with Gasteiger partial charge in [-0.15, -0.1) is 0 Å². The van der Waals surface area contributed by atoms with Gasteiger partial charge in [0.25, 0.3) is 5.88 Å². The molecule has 0 atom stereocenters. The van der Waals surface area contributed by atoms with Gasteiger partial charge in [0.05, 0.1) is 0 Å². The largest absolute Gasteiger partial charge is 0.436 e. The SMILES string of the molecule is Cc1cccc(Oc2ccon2)c1C. The van der Waals surface area contributed by atoms with Crippen molar-refractivity contribution in [2.45, 2.75) is 13.8 Å². The molecule has 0 aliphatic heterocycles. The van der Waals surface area contributed by atoms with Crippen molar-refractivity contribution < 1.29 is 9.26 Å². The minimum Gasteiger partial charge on any atom is -0.436 e. The van der Waals surface area contributed by atoms with Crippen molar-refractivity contribution in [1.82, 2.24) is 5.16 Å². The van der Waals surface area contributed by atoms with E-state index >= 15 is 0 Å². The van der Waals surface area contributed by atoms with Gasteiger partial charge >= 0.3 is 0 Å². The summed E-state index contributed by atoms with van der Waals surface area (Å²) in [6.45, 7) is 4.07. The molecule has 0 saturated heterocycles. The summed E-state index contributed by atoms with van der Waals surface area (Å²) in [6, 6.07) is 7.60. The van der Waals surface area contributed by atoms with Crippen LogP contribution in [0.1, 0.15) is 11.1 Å². The van der Waals surface area contributed by atoms with Crippen LogP contribution < -0.4 is 4.74 Å². The van der Waals surface area contributed by atoms with Crippen molar-refractivity contribution in [2.75, 3.05) is 0 Å². The number of ether oxygens (including phenoxy) is 1. The first-order valence-corrected chi connectivity index (χ1v) is 4.42. The minimum atomic E-state index is 0.485. The standard InChI is InChI=1S/C11H11NO2/c1-8-4-3-5-10(9(8)2)14-11-6-7-13-12-11/h3-7H,1-2H3. The number of aryl methyl sites for hydroxylation is 1. The summed E-state index contributed by atoms with van der Waals surface area (Å²) in [4.78, 5) is 0. The molecule has 14 heavy (non-hydrogen) atoms. The minimum absolute atomic E-state index is 0.485. The third-order valence-corrected chi connectivity index (χ3v) is 2.18. The molecule has 0 aliphatic rings. The van der Waals surface area contributed by atoms with Gasteiger partial charge in [0.1, 0.15) is 12.0 Å². The van der Waals surface area contributed by atoms with Crippen molar-refractivity contribution in [1.29, 1.82) is 0 Å². The maximum atomic E-state index is 5.53. The average molecular weight is 189 g/mol. The van der Waals surface area contributed by atoms with Gasteiger partial charge < -0.3 is 9.26 Å². The van der Waals surface area contributed by atoms with Gasteiger partial charge in [-0.25, -0.2) is 0 Å². The number of nitrogens with zero attached hydrogens (tertiary/aromatic N) is 1. The van der Waals surface area contributed by atoms with E-state index in [2.05, 4.69) is 9.68 Å². The molecule has 0 bridgehead atoms. The molecule has 0 aliphatic carbocycles. The molecule has 0 unspecified atom stereocenters. The van der Waals surface area contributed by atoms with Crippen molar-refractivity contribution in [3.63, 3.8) is 0 Å². The molecule has 0 saturated carbocycles. The molecule has 3 nitrogen and oxygen atoms in total. The predicted octanol–water partition coefficient (Wildman–Crippen LogP) is 3.08. The fourth-order valence-corrected chi connectivity index (χ4v) is 1.20. The average Bonchev–Trinajstić information content (AvgIpc) is 2.66. The topological polar surface area (TPSA) is 35.3 Å². The van der Waals surface area contributed by atoms with E-state index in [1.165, 1.54) is 11.8 Å².